The number of carbonyl (C=O) groups excluding carboxylic acids is 2. The normalized spacial score (nSPS) is 12.1. The highest BCUT2D eigenvalue weighted by Crippen LogP contribution is 2.38. The molecule has 0 radical (unpaired) electrons. The topological polar surface area (TPSA) is 124 Å². The number of esters is 2. The average molecular weight is 711 g/mol. The van der Waals surface area contributed by atoms with Crippen LogP contribution in [0.25, 0.3) is 11.1 Å². The highest BCUT2D eigenvalue weighted by atomic mass is 32.2. The lowest BCUT2D eigenvalue weighted by atomic mass is 9.96. The lowest BCUT2D eigenvalue weighted by molar-refractivity contribution is -0.144. The Labute approximate surface area is 296 Å². The zero-order valence-corrected chi connectivity index (χ0v) is 30.3. The van der Waals surface area contributed by atoms with Crippen molar-refractivity contribution in [3.63, 3.8) is 0 Å². The third-order valence-electron chi connectivity index (χ3n) is 8.23. The van der Waals surface area contributed by atoms with E-state index in [-0.39, 0.29) is 35.8 Å². The van der Waals surface area contributed by atoms with Gasteiger partial charge in [0.15, 0.2) is 21.3 Å². The Kier molecular flexibility index (Phi) is 15.3. The highest BCUT2D eigenvalue weighted by molar-refractivity contribution is 7.91. The van der Waals surface area contributed by atoms with E-state index in [2.05, 4.69) is 6.07 Å². The zero-order chi connectivity index (χ0) is 35.8. The molecule has 0 atom stereocenters. The van der Waals surface area contributed by atoms with Gasteiger partial charge in [0.2, 0.25) is 6.79 Å². The first-order valence-corrected chi connectivity index (χ1v) is 19.3. The van der Waals surface area contributed by atoms with Gasteiger partial charge in [0.05, 0.1) is 37.1 Å². The van der Waals surface area contributed by atoms with Crippen molar-refractivity contribution in [3.8, 4) is 34.1 Å². The number of carbonyl (C=O) groups is 2. The van der Waals surface area contributed by atoms with Crippen LogP contribution >= 0.6 is 0 Å². The van der Waals surface area contributed by atoms with E-state index in [9.17, 15) is 18.0 Å². The maximum atomic E-state index is 13.0. The van der Waals surface area contributed by atoms with Gasteiger partial charge < -0.3 is 28.4 Å². The predicted octanol–water partition coefficient (Wildman–Crippen LogP) is 7.67. The van der Waals surface area contributed by atoms with Crippen molar-refractivity contribution in [1.82, 2.24) is 0 Å². The van der Waals surface area contributed by atoms with Crippen molar-refractivity contribution in [2.24, 2.45) is 0 Å². The second-order valence-corrected chi connectivity index (χ2v) is 14.2. The van der Waals surface area contributed by atoms with E-state index in [0.717, 1.165) is 60.1 Å². The van der Waals surface area contributed by atoms with Crippen LogP contribution in [0.5, 0.6) is 23.0 Å². The van der Waals surface area contributed by atoms with Crippen molar-refractivity contribution in [1.29, 1.82) is 0 Å². The summed E-state index contributed by atoms with van der Waals surface area (Å²) in [7, 11) is -3.46. The Hall–Kier alpha value is -4.25. The number of unbranched alkanes of at least 4 members (excludes halogenated alkanes) is 3. The fourth-order valence-corrected chi connectivity index (χ4v) is 7.16. The molecule has 0 bridgehead atoms. The van der Waals surface area contributed by atoms with E-state index in [1.54, 1.807) is 26.0 Å². The molecule has 4 rings (SSSR count). The van der Waals surface area contributed by atoms with E-state index in [0.29, 0.717) is 69.4 Å². The number of aryl methyl sites for hydroxylation is 1. The summed E-state index contributed by atoms with van der Waals surface area (Å²) in [6.45, 7) is 7.12. The van der Waals surface area contributed by atoms with Crippen LogP contribution in [-0.2, 0) is 41.7 Å². The molecule has 1 aliphatic heterocycles. The summed E-state index contributed by atoms with van der Waals surface area (Å²) >= 11 is 0. The molecule has 272 valence electrons. The summed E-state index contributed by atoms with van der Waals surface area (Å²) in [5.74, 6) is 2.11. The second kappa shape index (κ2) is 19.8. The van der Waals surface area contributed by atoms with Gasteiger partial charge in [0.1, 0.15) is 11.5 Å². The maximum Gasteiger partial charge on any atom is 0.306 e. The number of benzene rings is 3. The Balaban J connectivity index is 1.32. The van der Waals surface area contributed by atoms with Gasteiger partial charge in [0.25, 0.3) is 0 Å². The minimum absolute atomic E-state index is 0.0616. The molecular formula is C39H50O10S. The number of hydrogen-bond donors (Lipinski definition) is 0. The van der Waals surface area contributed by atoms with Crippen LogP contribution in [0, 0.1) is 0 Å². The Morgan fingerprint density at radius 2 is 1.46 bits per heavy atom. The van der Waals surface area contributed by atoms with E-state index >= 15 is 0 Å². The standard InChI is InChI=1S/C39H50O10S/c1-4-23-50(42,43)33-25-31(30-17-19-36-37(26-30)49-28-48-36)24-32(27-33)46-21-10-8-7-9-13-29-14-11-15-35(34(29)18-20-39(41)45-6-3)47-22-12-16-38(40)44-5-2/h11,14-15,17,19,24-27H,4-10,12-13,16,18,20-23,28H2,1-3H3. The van der Waals surface area contributed by atoms with Crippen molar-refractivity contribution < 1.29 is 46.4 Å². The molecule has 0 saturated heterocycles. The number of sulfone groups is 1. The Morgan fingerprint density at radius 3 is 2.24 bits per heavy atom. The molecule has 0 spiro atoms. The fourth-order valence-electron chi connectivity index (χ4n) is 5.78. The minimum atomic E-state index is -3.46. The molecule has 0 saturated carbocycles. The van der Waals surface area contributed by atoms with Gasteiger partial charge in [-0.15, -0.1) is 0 Å². The summed E-state index contributed by atoms with van der Waals surface area (Å²) < 4.78 is 59.4. The van der Waals surface area contributed by atoms with E-state index < -0.39 is 9.84 Å². The molecule has 10 nitrogen and oxygen atoms in total. The summed E-state index contributed by atoms with van der Waals surface area (Å²) in [6.07, 6.45) is 6.62. The average Bonchev–Trinajstić information content (AvgIpc) is 3.57. The van der Waals surface area contributed by atoms with Crippen LogP contribution in [0.3, 0.4) is 0 Å². The van der Waals surface area contributed by atoms with Gasteiger partial charge in [-0.3, -0.25) is 9.59 Å². The molecule has 0 aromatic heterocycles. The van der Waals surface area contributed by atoms with Gasteiger partial charge >= 0.3 is 11.9 Å². The number of ether oxygens (including phenoxy) is 6. The van der Waals surface area contributed by atoms with Gasteiger partial charge in [0, 0.05) is 12.8 Å². The SMILES string of the molecule is CCCS(=O)(=O)c1cc(OCCCCCCc2cccc(OCCCC(=O)OCC)c2CCC(=O)OCC)cc(-c2ccc3c(c2)OCO3)c1. The fraction of sp³-hybridized carbons (Fsp3) is 0.487. The second-order valence-electron chi connectivity index (χ2n) is 12.0. The van der Waals surface area contributed by atoms with Crippen LogP contribution in [0.1, 0.15) is 83.3 Å². The van der Waals surface area contributed by atoms with Crippen LogP contribution in [-0.4, -0.2) is 59.3 Å². The molecule has 50 heavy (non-hydrogen) atoms. The van der Waals surface area contributed by atoms with Gasteiger partial charge in [-0.25, -0.2) is 8.42 Å². The molecule has 0 amide bonds. The van der Waals surface area contributed by atoms with Gasteiger partial charge in [-0.1, -0.05) is 38.0 Å². The molecule has 0 unspecified atom stereocenters. The van der Waals surface area contributed by atoms with Crippen LogP contribution in [0.15, 0.2) is 59.5 Å². The van der Waals surface area contributed by atoms with Crippen molar-refractivity contribution >= 4 is 21.8 Å². The summed E-state index contributed by atoms with van der Waals surface area (Å²) in [5.41, 5.74) is 3.69. The first-order valence-electron chi connectivity index (χ1n) is 17.7. The molecular weight excluding hydrogens is 660 g/mol. The first kappa shape index (κ1) is 38.6. The van der Waals surface area contributed by atoms with E-state index in [1.807, 2.05) is 43.3 Å². The summed E-state index contributed by atoms with van der Waals surface area (Å²) in [6, 6.07) is 16.7. The third kappa shape index (κ3) is 11.7. The lowest BCUT2D eigenvalue weighted by Crippen LogP contribution is -2.10. The number of rotatable bonds is 22. The largest absolute Gasteiger partial charge is 0.494 e. The summed E-state index contributed by atoms with van der Waals surface area (Å²) in [4.78, 5) is 24.1. The first-order chi connectivity index (χ1) is 24.2. The third-order valence-corrected chi connectivity index (χ3v) is 10.1. The van der Waals surface area contributed by atoms with Crippen LogP contribution in [0.2, 0.25) is 0 Å². The van der Waals surface area contributed by atoms with Crippen LogP contribution in [0.4, 0.5) is 0 Å². The Morgan fingerprint density at radius 1 is 0.720 bits per heavy atom. The van der Waals surface area contributed by atoms with Crippen LogP contribution < -0.4 is 18.9 Å². The molecule has 1 heterocycles. The number of fused-ring (bicyclic) bond motifs is 1. The maximum absolute atomic E-state index is 13.0. The minimum Gasteiger partial charge on any atom is -0.494 e. The summed E-state index contributed by atoms with van der Waals surface area (Å²) in [5, 5.41) is 0. The van der Waals surface area contributed by atoms with Gasteiger partial charge in [-0.05, 0) is 111 Å². The monoisotopic (exact) mass is 710 g/mol. The van der Waals surface area contributed by atoms with Crippen molar-refractivity contribution in [2.75, 3.05) is 39.0 Å². The predicted molar refractivity (Wildman–Crippen MR) is 191 cm³/mol. The van der Waals surface area contributed by atoms with E-state index in [1.165, 1.54) is 0 Å². The molecule has 0 fully saturated rings. The molecule has 3 aromatic rings. The van der Waals surface area contributed by atoms with E-state index in [4.69, 9.17) is 28.4 Å². The Bertz CT molecular complexity index is 1670. The lowest BCUT2D eigenvalue weighted by Gasteiger charge is -2.16. The molecule has 3 aromatic carbocycles. The number of hydrogen-bond acceptors (Lipinski definition) is 10. The zero-order valence-electron chi connectivity index (χ0n) is 29.5. The highest BCUT2D eigenvalue weighted by Gasteiger charge is 2.19. The smallest absolute Gasteiger partial charge is 0.306 e. The molecule has 11 heteroatoms. The van der Waals surface area contributed by atoms with Gasteiger partial charge in [-0.2, -0.15) is 0 Å². The van der Waals surface area contributed by atoms with Crippen molar-refractivity contribution in [3.05, 3.63) is 65.7 Å². The molecule has 1 aliphatic rings. The molecule has 0 N–H and O–H groups in total. The van der Waals surface area contributed by atoms with Crippen molar-refractivity contribution in [2.45, 2.75) is 89.9 Å². The molecule has 0 aliphatic carbocycles. The quantitative estimate of drug-likeness (QED) is 0.0758.